The Morgan fingerprint density at radius 3 is 2.30 bits per heavy atom. The first-order valence-electron chi connectivity index (χ1n) is 6.20. The molecule has 0 aromatic heterocycles. The lowest BCUT2D eigenvalue weighted by Crippen LogP contribution is -2.32. The smallest absolute Gasteiger partial charge is 0.335 e. The standard InChI is InChI=1S/C11H17N3O6/c12-13-4-6-19-8-7-18-5-3-11(17)20-14-9(15)1-2-10(14)16/h12H,1-8H2. The molecule has 0 atom stereocenters. The molecule has 1 N–H and O–H groups in total. The molecular formula is C11H17N3O6. The van der Waals surface area contributed by atoms with E-state index < -0.39 is 17.8 Å². The highest BCUT2D eigenvalue weighted by atomic mass is 16.7. The van der Waals surface area contributed by atoms with Gasteiger partial charge in [-0.25, -0.2) is 10.3 Å². The summed E-state index contributed by atoms with van der Waals surface area (Å²) in [6, 6.07) is 0. The van der Waals surface area contributed by atoms with Crippen molar-refractivity contribution in [2.45, 2.75) is 19.3 Å². The molecule has 0 bridgehead atoms. The molecule has 1 fully saturated rings. The van der Waals surface area contributed by atoms with Crippen molar-refractivity contribution in [3.05, 3.63) is 0 Å². The fourth-order valence-corrected chi connectivity index (χ4v) is 1.39. The van der Waals surface area contributed by atoms with E-state index in [1.807, 2.05) is 0 Å². The minimum absolute atomic E-state index is 0.0564. The average molecular weight is 287 g/mol. The number of hydroxylamine groups is 2. The molecule has 0 aliphatic carbocycles. The molecule has 20 heavy (non-hydrogen) atoms. The lowest BCUT2D eigenvalue weighted by Gasteiger charge is -2.12. The quantitative estimate of drug-likeness (QED) is 0.344. The van der Waals surface area contributed by atoms with Gasteiger partial charge in [-0.2, -0.15) is 5.11 Å². The predicted octanol–water partition coefficient (Wildman–Crippen LogP) is 0.0479. The van der Waals surface area contributed by atoms with Crippen molar-refractivity contribution in [1.29, 1.82) is 5.53 Å². The zero-order chi connectivity index (χ0) is 14.8. The molecule has 1 heterocycles. The van der Waals surface area contributed by atoms with Crippen molar-refractivity contribution < 1.29 is 28.7 Å². The van der Waals surface area contributed by atoms with Gasteiger partial charge in [-0.05, 0) is 0 Å². The van der Waals surface area contributed by atoms with Crippen molar-refractivity contribution in [3.8, 4) is 0 Å². The maximum Gasteiger partial charge on any atom is 0.335 e. The second-order valence-corrected chi connectivity index (χ2v) is 3.90. The Bertz CT molecular complexity index is 357. The van der Waals surface area contributed by atoms with E-state index in [-0.39, 0.29) is 25.9 Å². The molecule has 9 nitrogen and oxygen atoms in total. The molecular weight excluding hydrogens is 270 g/mol. The summed E-state index contributed by atoms with van der Waals surface area (Å²) in [7, 11) is 0. The number of nitrogens with one attached hydrogen (secondary N) is 1. The van der Waals surface area contributed by atoms with Gasteiger partial charge in [-0.15, -0.1) is 5.06 Å². The van der Waals surface area contributed by atoms with E-state index in [1.54, 1.807) is 0 Å². The third-order valence-corrected chi connectivity index (χ3v) is 2.37. The van der Waals surface area contributed by atoms with Crippen LogP contribution >= 0.6 is 0 Å². The molecule has 9 heteroatoms. The summed E-state index contributed by atoms with van der Waals surface area (Å²) >= 11 is 0. The molecule has 0 aromatic rings. The van der Waals surface area contributed by atoms with E-state index >= 15 is 0 Å². The third-order valence-electron chi connectivity index (χ3n) is 2.37. The summed E-state index contributed by atoms with van der Waals surface area (Å²) in [5.74, 6) is -1.70. The van der Waals surface area contributed by atoms with Crippen molar-refractivity contribution in [1.82, 2.24) is 5.06 Å². The molecule has 112 valence electrons. The lowest BCUT2D eigenvalue weighted by atomic mass is 10.4. The molecule has 2 amide bonds. The Morgan fingerprint density at radius 1 is 1.10 bits per heavy atom. The van der Waals surface area contributed by atoms with Gasteiger partial charge in [0.25, 0.3) is 11.8 Å². The first-order chi connectivity index (χ1) is 9.65. The van der Waals surface area contributed by atoms with E-state index in [2.05, 4.69) is 9.95 Å². The van der Waals surface area contributed by atoms with Gasteiger partial charge in [-0.3, -0.25) is 9.59 Å². The molecule has 1 aliphatic heterocycles. The third kappa shape index (κ3) is 5.85. The Balaban J connectivity index is 2.01. The predicted molar refractivity (Wildman–Crippen MR) is 63.4 cm³/mol. The van der Waals surface area contributed by atoms with Crippen LogP contribution in [0.4, 0.5) is 0 Å². The first kappa shape index (κ1) is 16.2. The number of carbonyl (C=O) groups is 3. The number of nitrogens with zero attached hydrogens (tertiary/aromatic N) is 2. The first-order valence-corrected chi connectivity index (χ1v) is 6.20. The Labute approximate surface area is 115 Å². The normalized spacial score (nSPS) is 14.7. The number of hydrogen-bond acceptors (Lipinski definition) is 8. The Hall–Kier alpha value is -1.87. The van der Waals surface area contributed by atoms with Gasteiger partial charge in [0.2, 0.25) is 0 Å². The fraction of sp³-hybridized carbons (Fsp3) is 0.727. The number of hydrogen-bond donors (Lipinski definition) is 1. The lowest BCUT2D eigenvalue weighted by molar-refractivity contribution is -0.198. The van der Waals surface area contributed by atoms with E-state index in [9.17, 15) is 14.4 Å². The number of amides is 2. The zero-order valence-corrected chi connectivity index (χ0v) is 11.0. The van der Waals surface area contributed by atoms with Crippen LogP contribution in [-0.2, 0) is 28.7 Å². The Morgan fingerprint density at radius 2 is 1.70 bits per heavy atom. The van der Waals surface area contributed by atoms with Crippen molar-refractivity contribution in [2.24, 2.45) is 5.11 Å². The van der Waals surface area contributed by atoms with Crippen LogP contribution in [0.25, 0.3) is 0 Å². The maximum absolute atomic E-state index is 11.4. The number of imide groups is 1. The average Bonchev–Trinajstić information content (AvgIpc) is 2.73. The van der Waals surface area contributed by atoms with Crippen LogP contribution in [-0.4, -0.2) is 55.8 Å². The van der Waals surface area contributed by atoms with Gasteiger partial charge in [0.1, 0.15) is 0 Å². The van der Waals surface area contributed by atoms with E-state index in [0.29, 0.717) is 31.4 Å². The highest BCUT2D eigenvalue weighted by molar-refractivity contribution is 6.01. The topological polar surface area (TPSA) is 118 Å². The molecule has 0 spiro atoms. The van der Waals surface area contributed by atoms with Crippen LogP contribution < -0.4 is 0 Å². The molecule has 1 rings (SSSR count). The molecule has 0 aromatic carbocycles. The van der Waals surface area contributed by atoms with E-state index in [1.165, 1.54) is 0 Å². The number of carbonyl (C=O) groups excluding carboxylic acids is 3. The van der Waals surface area contributed by atoms with Crippen LogP contribution in [0.3, 0.4) is 0 Å². The minimum Gasteiger partial charge on any atom is -0.378 e. The largest absolute Gasteiger partial charge is 0.378 e. The summed E-state index contributed by atoms with van der Waals surface area (Å²) < 4.78 is 10.2. The highest BCUT2D eigenvalue weighted by Crippen LogP contribution is 2.12. The second kappa shape index (κ2) is 9.10. The molecule has 0 unspecified atom stereocenters. The van der Waals surface area contributed by atoms with Crippen LogP contribution in [0, 0.1) is 5.53 Å². The fourth-order valence-electron chi connectivity index (χ4n) is 1.39. The minimum atomic E-state index is -0.692. The van der Waals surface area contributed by atoms with Crippen molar-refractivity contribution in [3.63, 3.8) is 0 Å². The van der Waals surface area contributed by atoms with Gasteiger partial charge >= 0.3 is 5.97 Å². The molecule has 1 aliphatic rings. The van der Waals surface area contributed by atoms with Crippen LogP contribution in [0.15, 0.2) is 5.11 Å². The summed E-state index contributed by atoms with van der Waals surface area (Å²) in [5, 5.41) is 3.63. The summed E-state index contributed by atoms with van der Waals surface area (Å²) in [6.45, 7) is 1.42. The summed E-state index contributed by atoms with van der Waals surface area (Å²) in [5.41, 5.74) is 6.53. The Kier molecular flexibility index (Phi) is 7.36. The number of rotatable bonds is 10. The second-order valence-electron chi connectivity index (χ2n) is 3.90. The number of ether oxygens (including phenoxy) is 2. The van der Waals surface area contributed by atoms with Crippen LogP contribution in [0.5, 0.6) is 0 Å². The van der Waals surface area contributed by atoms with E-state index in [4.69, 9.17) is 15.0 Å². The van der Waals surface area contributed by atoms with Gasteiger partial charge in [0.15, 0.2) is 0 Å². The zero-order valence-electron chi connectivity index (χ0n) is 11.0. The summed E-state index contributed by atoms with van der Waals surface area (Å²) in [4.78, 5) is 38.4. The van der Waals surface area contributed by atoms with Crippen LogP contribution in [0.2, 0.25) is 0 Å². The van der Waals surface area contributed by atoms with Crippen molar-refractivity contribution in [2.75, 3.05) is 33.0 Å². The monoisotopic (exact) mass is 287 g/mol. The SMILES string of the molecule is N=NCCOCCOCCC(=O)ON1C(=O)CCC1=O. The van der Waals surface area contributed by atoms with E-state index in [0.717, 1.165) is 0 Å². The maximum atomic E-state index is 11.4. The van der Waals surface area contributed by atoms with Crippen LogP contribution in [0.1, 0.15) is 19.3 Å². The molecule has 0 radical (unpaired) electrons. The molecule has 0 saturated carbocycles. The highest BCUT2D eigenvalue weighted by Gasteiger charge is 2.32. The van der Waals surface area contributed by atoms with Gasteiger partial charge in [0, 0.05) is 12.8 Å². The van der Waals surface area contributed by atoms with Gasteiger partial charge < -0.3 is 14.3 Å². The van der Waals surface area contributed by atoms with Gasteiger partial charge in [0.05, 0.1) is 39.4 Å². The van der Waals surface area contributed by atoms with Crippen molar-refractivity contribution >= 4 is 17.8 Å². The van der Waals surface area contributed by atoms with Gasteiger partial charge in [-0.1, -0.05) is 0 Å². The molecule has 1 saturated heterocycles. The summed E-state index contributed by atoms with van der Waals surface area (Å²) in [6.07, 6.45) is 0.0915.